The highest BCUT2D eigenvalue weighted by atomic mass is 15.1. The molecule has 1 N–H and O–H groups in total. The Labute approximate surface area is 93.8 Å². The van der Waals surface area contributed by atoms with Gasteiger partial charge in [0.1, 0.15) is 0 Å². The third kappa shape index (κ3) is 1.34. The maximum atomic E-state index is 4.53. The summed E-state index contributed by atoms with van der Waals surface area (Å²) in [6.07, 6.45) is 6.51. The fourth-order valence-electron chi connectivity index (χ4n) is 2.02. The van der Waals surface area contributed by atoms with Gasteiger partial charge in [0.2, 0.25) is 5.95 Å². The molecular formula is C12H12N4. The Morgan fingerprint density at radius 3 is 3.12 bits per heavy atom. The second-order valence-electron chi connectivity index (χ2n) is 3.81. The maximum Gasteiger partial charge on any atom is 0.223 e. The van der Waals surface area contributed by atoms with Crippen molar-refractivity contribution in [2.24, 2.45) is 0 Å². The minimum Gasteiger partial charge on any atom is -0.354 e. The van der Waals surface area contributed by atoms with Gasteiger partial charge in [-0.1, -0.05) is 0 Å². The standard InChI is InChI=1S/C12H12N4/c1-2-14-12-15-7-9-5-8-6-13-4-3-10(8)11(9)16-12/h3-4,6-7H,2,5H2,1H3,(H,14,15,16). The summed E-state index contributed by atoms with van der Waals surface area (Å²) in [5.41, 5.74) is 4.65. The molecule has 2 aromatic rings. The lowest BCUT2D eigenvalue weighted by molar-refractivity contribution is 1.07. The van der Waals surface area contributed by atoms with Crippen molar-refractivity contribution in [1.82, 2.24) is 15.0 Å². The van der Waals surface area contributed by atoms with Crippen molar-refractivity contribution < 1.29 is 0 Å². The average molecular weight is 212 g/mol. The summed E-state index contributed by atoms with van der Waals surface area (Å²) in [5.74, 6) is 0.700. The maximum absolute atomic E-state index is 4.53. The second kappa shape index (κ2) is 3.56. The van der Waals surface area contributed by atoms with E-state index in [9.17, 15) is 0 Å². The first-order chi connectivity index (χ1) is 7.88. The highest BCUT2D eigenvalue weighted by molar-refractivity contribution is 5.73. The van der Waals surface area contributed by atoms with E-state index >= 15 is 0 Å². The van der Waals surface area contributed by atoms with Gasteiger partial charge in [-0.05, 0) is 18.6 Å². The van der Waals surface area contributed by atoms with Gasteiger partial charge in [0.15, 0.2) is 0 Å². The molecule has 80 valence electrons. The summed E-state index contributed by atoms with van der Waals surface area (Å²) in [6.45, 7) is 2.87. The molecule has 0 atom stereocenters. The van der Waals surface area contributed by atoms with E-state index in [-0.39, 0.29) is 0 Å². The Bertz CT molecular complexity index is 536. The first-order valence-electron chi connectivity index (χ1n) is 5.41. The van der Waals surface area contributed by atoms with Gasteiger partial charge in [-0.15, -0.1) is 0 Å². The Morgan fingerprint density at radius 1 is 1.31 bits per heavy atom. The van der Waals surface area contributed by atoms with E-state index in [1.165, 1.54) is 16.7 Å². The Balaban J connectivity index is 2.11. The highest BCUT2D eigenvalue weighted by Gasteiger charge is 2.20. The third-order valence-corrected chi connectivity index (χ3v) is 2.74. The van der Waals surface area contributed by atoms with E-state index in [1.54, 1.807) is 0 Å². The molecule has 0 bridgehead atoms. The van der Waals surface area contributed by atoms with Crippen molar-refractivity contribution in [3.63, 3.8) is 0 Å². The highest BCUT2D eigenvalue weighted by Crippen LogP contribution is 2.34. The number of rotatable bonds is 2. The van der Waals surface area contributed by atoms with Crippen molar-refractivity contribution in [3.8, 4) is 11.3 Å². The first kappa shape index (κ1) is 9.27. The zero-order valence-corrected chi connectivity index (χ0v) is 9.07. The van der Waals surface area contributed by atoms with E-state index in [1.807, 2.05) is 31.6 Å². The Morgan fingerprint density at radius 2 is 2.25 bits per heavy atom. The third-order valence-electron chi connectivity index (χ3n) is 2.74. The van der Waals surface area contributed by atoms with Crippen LogP contribution in [0, 0.1) is 0 Å². The molecule has 3 rings (SSSR count). The van der Waals surface area contributed by atoms with Crippen LogP contribution in [0.4, 0.5) is 5.95 Å². The zero-order chi connectivity index (χ0) is 11.0. The van der Waals surface area contributed by atoms with Crippen molar-refractivity contribution in [1.29, 1.82) is 0 Å². The van der Waals surface area contributed by atoms with E-state index < -0.39 is 0 Å². The monoisotopic (exact) mass is 212 g/mol. The Hall–Kier alpha value is -1.97. The molecule has 2 heterocycles. The fourth-order valence-corrected chi connectivity index (χ4v) is 2.02. The number of fused-ring (bicyclic) bond motifs is 3. The molecule has 0 saturated carbocycles. The van der Waals surface area contributed by atoms with Crippen LogP contribution in [-0.4, -0.2) is 21.5 Å². The van der Waals surface area contributed by atoms with Crippen LogP contribution in [0.3, 0.4) is 0 Å². The molecule has 1 aliphatic rings. The second-order valence-corrected chi connectivity index (χ2v) is 3.81. The van der Waals surface area contributed by atoms with Gasteiger partial charge in [0.25, 0.3) is 0 Å². The van der Waals surface area contributed by atoms with E-state index in [0.29, 0.717) is 5.95 Å². The summed E-state index contributed by atoms with van der Waals surface area (Å²) in [6, 6.07) is 2.02. The summed E-state index contributed by atoms with van der Waals surface area (Å²) in [7, 11) is 0. The topological polar surface area (TPSA) is 50.7 Å². The lowest BCUT2D eigenvalue weighted by atomic mass is 10.2. The van der Waals surface area contributed by atoms with Gasteiger partial charge in [-0.3, -0.25) is 4.98 Å². The molecule has 0 aliphatic heterocycles. The number of hydrogen-bond acceptors (Lipinski definition) is 4. The lowest BCUT2D eigenvalue weighted by Crippen LogP contribution is -2.02. The van der Waals surface area contributed by atoms with Gasteiger partial charge in [-0.2, -0.15) is 0 Å². The SMILES string of the molecule is CCNc1ncc2c(n1)-c1ccncc1C2. The number of anilines is 1. The molecule has 0 unspecified atom stereocenters. The van der Waals surface area contributed by atoms with Crippen LogP contribution >= 0.6 is 0 Å². The molecule has 0 radical (unpaired) electrons. The van der Waals surface area contributed by atoms with Crippen LogP contribution in [0.15, 0.2) is 24.7 Å². The molecule has 16 heavy (non-hydrogen) atoms. The Kier molecular flexibility index (Phi) is 2.06. The summed E-state index contributed by atoms with van der Waals surface area (Å²) in [4.78, 5) is 12.9. The predicted molar refractivity (Wildman–Crippen MR) is 62.2 cm³/mol. The quantitative estimate of drug-likeness (QED) is 0.704. The van der Waals surface area contributed by atoms with Crippen LogP contribution in [0.1, 0.15) is 18.1 Å². The molecule has 0 fully saturated rings. The molecule has 0 spiro atoms. The molecule has 2 aromatic heterocycles. The number of nitrogens with zero attached hydrogens (tertiary/aromatic N) is 3. The predicted octanol–water partition coefficient (Wildman–Crippen LogP) is 1.87. The number of nitrogens with one attached hydrogen (secondary N) is 1. The van der Waals surface area contributed by atoms with Crippen molar-refractivity contribution in [2.45, 2.75) is 13.3 Å². The molecule has 0 aromatic carbocycles. The summed E-state index contributed by atoms with van der Waals surface area (Å²) in [5, 5.41) is 3.13. The first-order valence-corrected chi connectivity index (χ1v) is 5.41. The summed E-state index contributed by atoms with van der Waals surface area (Å²) < 4.78 is 0. The largest absolute Gasteiger partial charge is 0.354 e. The van der Waals surface area contributed by atoms with Gasteiger partial charge in [0, 0.05) is 42.7 Å². The van der Waals surface area contributed by atoms with Crippen LogP contribution in [0.5, 0.6) is 0 Å². The molecular weight excluding hydrogens is 200 g/mol. The van der Waals surface area contributed by atoms with Crippen LogP contribution in [0.2, 0.25) is 0 Å². The van der Waals surface area contributed by atoms with Crippen LogP contribution < -0.4 is 5.32 Å². The van der Waals surface area contributed by atoms with Gasteiger partial charge in [-0.25, -0.2) is 9.97 Å². The molecule has 0 saturated heterocycles. The molecule has 0 amide bonds. The van der Waals surface area contributed by atoms with Gasteiger partial charge < -0.3 is 5.32 Å². The number of hydrogen-bond donors (Lipinski definition) is 1. The van der Waals surface area contributed by atoms with E-state index in [4.69, 9.17) is 0 Å². The van der Waals surface area contributed by atoms with E-state index in [2.05, 4.69) is 20.3 Å². The van der Waals surface area contributed by atoms with Crippen molar-refractivity contribution in [3.05, 3.63) is 35.8 Å². The minimum atomic E-state index is 0.700. The van der Waals surface area contributed by atoms with Crippen LogP contribution in [0.25, 0.3) is 11.3 Å². The average Bonchev–Trinajstić information content (AvgIpc) is 2.68. The summed E-state index contributed by atoms with van der Waals surface area (Å²) >= 11 is 0. The van der Waals surface area contributed by atoms with Gasteiger partial charge in [0.05, 0.1) is 5.69 Å². The number of pyridine rings is 1. The number of aromatic nitrogens is 3. The fraction of sp³-hybridized carbons (Fsp3) is 0.250. The van der Waals surface area contributed by atoms with Crippen molar-refractivity contribution >= 4 is 5.95 Å². The van der Waals surface area contributed by atoms with Gasteiger partial charge >= 0.3 is 0 Å². The molecule has 4 nitrogen and oxygen atoms in total. The minimum absolute atomic E-state index is 0.700. The van der Waals surface area contributed by atoms with Crippen LogP contribution in [-0.2, 0) is 6.42 Å². The van der Waals surface area contributed by atoms with Crippen molar-refractivity contribution in [2.75, 3.05) is 11.9 Å². The molecule has 4 heteroatoms. The smallest absolute Gasteiger partial charge is 0.223 e. The zero-order valence-electron chi connectivity index (χ0n) is 9.07. The van der Waals surface area contributed by atoms with E-state index in [0.717, 1.165) is 18.7 Å². The molecule has 1 aliphatic carbocycles. The normalized spacial score (nSPS) is 12.1. The lowest BCUT2D eigenvalue weighted by Gasteiger charge is -2.03.